The van der Waals surface area contributed by atoms with Crippen molar-refractivity contribution >= 4 is 47.2 Å². The third kappa shape index (κ3) is 8.68. The maximum atomic E-state index is 14.7. The van der Waals surface area contributed by atoms with Gasteiger partial charge in [-0.2, -0.15) is 0 Å². The van der Waals surface area contributed by atoms with Crippen molar-refractivity contribution in [3.05, 3.63) is 30.5 Å². The van der Waals surface area contributed by atoms with Crippen LogP contribution in [0.3, 0.4) is 0 Å². The number of carbonyl (C=O) groups is 3. The molecule has 284 valence electrons. The number of alkyl halides is 1. The Bertz CT molecular complexity index is 1670. The Kier molecular flexibility index (Phi) is 13.3. The molecule has 12 nitrogen and oxygen atoms in total. The Labute approximate surface area is 311 Å². The van der Waals surface area contributed by atoms with Crippen LogP contribution in [0.1, 0.15) is 81.1 Å². The number of ether oxygens (including phenoxy) is 2. The van der Waals surface area contributed by atoms with E-state index in [1.807, 2.05) is 53.9 Å². The normalized spacial score (nSPS) is 23.0. The number of methoxy groups -OCH3 is 1. The highest BCUT2D eigenvalue weighted by atomic mass is 32.1. The quantitative estimate of drug-likeness (QED) is 0.0763. The minimum atomic E-state index is -3.05. The molecule has 9 atom stereocenters. The monoisotopic (exact) mass is 740 g/mol. The molecule has 2 radical (unpaired) electrons. The van der Waals surface area contributed by atoms with E-state index in [9.17, 15) is 23.9 Å². The van der Waals surface area contributed by atoms with E-state index >= 15 is 0 Å². The Morgan fingerprint density at radius 1 is 1.19 bits per heavy atom. The number of hydrogen-bond donors (Lipinski definition) is 2. The number of carboxylic acid groups (broad SMARTS) is 1. The first kappa shape index (κ1) is 41.3. The molecule has 1 aromatic carbocycles. The van der Waals surface area contributed by atoms with Crippen LogP contribution in [0, 0.1) is 17.8 Å². The molecule has 15 heteroatoms. The van der Waals surface area contributed by atoms with E-state index < -0.39 is 40.4 Å². The second-order valence-electron chi connectivity index (χ2n) is 15.1. The van der Waals surface area contributed by atoms with Gasteiger partial charge in [0.2, 0.25) is 0 Å². The van der Waals surface area contributed by atoms with Crippen LogP contribution in [0.4, 0.5) is 9.18 Å². The molecule has 52 heavy (non-hydrogen) atoms. The van der Waals surface area contributed by atoms with Gasteiger partial charge in [-0.25, -0.2) is 19.0 Å². The van der Waals surface area contributed by atoms with Gasteiger partial charge in [-0.05, 0) is 89.7 Å². The van der Waals surface area contributed by atoms with Gasteiger partial charge in [-0.15, -0.1) is 16.4 Å². The predicted octanol–water partition coefficient (Wildman–Crippen LogP) is 6.35. The summed E-state index contributed by atoms with van der Waals surface area (Å²) in [6.45, 7) is 15.9. The summed E-state index contributed by atoms with van der Waals surface area (Å²) in [5.74, 6) is -4.92. The van der Waals surface area contributed by atoms with Gasteiger partial charge in [-0.3, -0.25) is 14.4 Å². The summed E-state index contributed by atoms with van der Waals surface area (Å²) in [7, 11) is 7.94. The molecule has 1 fully saturated rings. The summed E-state index contributed by atoms with van der Waals surface area (Å²) in [4.78, 5) is 44.1. The molecule has 1 aliphatic heterocycles. The van der Waals surface area contributed by atoms with Crippen molar-refractivity contribution in [1.29, 1.82) is 0 Å². The zero-order chi connectivity index (χ0) is 38.6. The van der Waals surface area contributed by atoms with Crippen LogP contribution in [0.2, 0.25) is 5.82 Å². The highest BCUT2D eigenvalue weighted by Crippen LogP contribution is 2.41. The fourth-order valence-corrected chi connectivity index (χ4v) is 8.33. The number of rotatable bonds is 20. The van der Waals surface area contributed by atoms with Crippen LogP contribution in [0.5, 0.6) is 0 Å². The van der Waals surface area contributed by atoms with Gasteiger partial charge in [0.05, 0.1) is 35.9 Å². The number of aryl methyl sites for hydroxylation is 1. The molecular formula is C37H54BFN6O6S. The molecule has 0 unspecified atom stereocenters. The third-order valence-electron chi connectivity index (χ3n) is 11.1. The van der Waals surface area contributed by atoms with Gasteiger partial charge in [0.25, 0.3) is 5.67 Å². The first-order chi connectivity index (χ1) is 24.4. The van der Waals surface area contributed by atoms with Crippen LogP contribution >= 0.6 is 11.3 Å². The number of halogens is 1. The van der Waals surface area contributed by atoms with Crippen molar-refractivity contribution < 1.29 is 33.4 Å². The molecule has 4 rings (SSSR count). The van der Waals surface area contributed by atoms with Gasteiger partial charge >= 0.3 is 12.1 Å². The van der Waals surface area contributed by atoms with Crippen molar-refractivity contribution in [2.45, 2.75) is 122 Å². The molecule has 1 aliphatic rings. The zero-order valence-corrected chi connectivity index (χ0v) is 32.7. The molecule has 0 bridgehead atoms. The lowest BCUT2D eigenvalue weighted by Gasteiger charge is -2.42. The van der Waals surface area contributed by atoms with Gasteiger partial charge in [0.15, 0.2) is 5.78 Å². The number of nitrogens with one attached hydrogen (secondary N) is 1. The Hall–Kier alpha value is -3.43. The molecule has 3 heterocycles. The minimum Gasteiger partial charge on any atom is -0.479 e. The maximum Gasteiger partial charge on any atom is 0.410 e. The van der Waals surface area contributed by atoms with Gasteiger partial charge in [0, 0.05) is 32.2 Å². The van der Waals surface area contributed by atoms with E-state index in [0.29, 0.717) is 26.1 Å². The van der Waals surface area contributed by atoms with E-state index in [1.165, 1.54) is 14.0 Å². The molecule has 3 aromatic rings. The number of benzene rings is 1. The largest absolute Gasteiger partial charge is 0.479 e. The Morgan fingerprint density at radius 2 is 1.87 bits per heavy atom. The van der Waals surface area contributed by atoms with Crippen molar-refractivity contribution in [3.8, 4) is 10.7 Å². The zero-order valence-electron chi connectivity index (χ0n) is 31.9. The van der Waals surface area contributed by atoms with Crippen LogP contribution in [-0.4, -0.2) is 105 Å². The number of nitrogens with zero attached hydrogens (tertiary/aromatic N) is 5. The van der Waals surface area contributed by atoms with Crippen molar-refractivity contribution in [3.63, 3.8) is 0 Å². The van der Waals surface area contributed by atoms with E-state index in [1.54, 1.807) is 18.3 Å². The van der Waals surface area contributed by atoms with Crippen molar-refractivity contribution in [1.82, 2.24) is 30.2 Å². The second kappa shape index (κ2) is 16.7. The maximum absolute atomic E-state index is 14.7. The number of carboxylic acids is 1. The first-order valence-electron chi connectivity index (χ1n) is 18.2. The number of fused-ring (bicyclic) bond motifs is 1. The summed E-state index contributed by atoms with van der Waals surface area (Å²) in [6.07, 6.45) is 4.34. The molecule has 0 aliphatic carbocycles. The highest BCUT2D eigenvalue weighted by Gasteiger charge is 2.55. The topological polar surface area (TPSA) is 149 Å². The highest BCUT2D eigenvalue weighted by molar-refractivity contribution is 7.21. The number of aliphatic carboxylic acids is 1. The summed E-state index contributed by atoms with van der Waals surface area (Å²) in [6, 6.07) is 7.59. The SMILES string of the molecule is [B][C@H]([C@H](C)C(=O)[C@](C)(F)C(=O)O)[C@@](C)(C[C@@H](C)CN[C@H](C)[C@H]1N(CCCCn2cc(-c3nc4ccccc4s3)nn2)C(=O)O[C@]1(C)[C@H](C)CC)OC. The van der Waals surface area contributed by atoms with Crippen LogP contribution in [-0.2, 0) is 25.6 Å². The fourth-order valence-electron chi connectivity index (χ4n) is 7.41. The molecule has 0 saturated carbocycles. The van der Waals surface area contributed by atoms with E-state index in [-0.39, 0.29) is 30.0 Å². The van der Waals surface area contributed by atoms with Crippen molar-refractivity contribution in [2.24, 2.45) is 17.8 Å². The Morgan fingerprint density at radius 3 is 2.50 bits per heavy atom. The number of Topliss-reactive ketones (excluding diaryl/α,β-unsaturated/α-hetero) is 1. The first-order valence-corrected chi connectivity index (χ1v) is 19.0. The van der Waals surface area contributed by atoms with Crippen molar-refractivity contribution in [2.75, 3.05) is 20.2 Å². The van der Waals surface area contributed by atoms with Gasteiger partial charge in [0.1, 0.15) is 16.3 Å². The lowest BCUT2D eigenvalue weighted by atomic mass is 9.62. The van der Waals surface area contributed by atoms with E-state index in [2.05, 4.69) is 41.4 Å². The lowest BCUT2D eigenvalue weighted by molar-refractivity contribution is -0.158. The summed E-state index contributed by atoms with van der Waals surface area (Å²) in [5, 5.41) is 22.3. The number of ketones is 1. The smallest absolute Gasteiger partial charge is 0.410 e. The number of cyclic esters (lactones) is 1. The molecule has 2 N–H and O–H groups in total. The summed E-state index contributed by atoms with van der Waals surface area (Å²) >= 11 is 1.58. The molecule has 1 saturated heterocycles. The van der Waals surface area contributed by atoms with Gasteiger partial charge in [-0.1, -0.05) is 45.0 Å². The Balaban J connectivity index is 1.37. The number of carbonyl (C=O) groups excluding carboxylic acids is 2. The second-order valence-corrected chi connectivity index (χ2v) is 16.1. The number of unbranched alkanes of at least 4 members (excludes halogenated alkanes) is 1. The average molecular weight is 741 g/mol. The summed E-state index contributed by atoms with van der Waals surface area (Å²) < 4.78 is 29.5. The molecule has 0 spiro atoms. The van der Waals surface area contributed by atoms with Gasteiger partial charge < -0.3 is 19.9 Å². The lowest BCUT2D eigenvalue weighted by Crippen LogP contribution is -2.58. The number of hydrogen-bond acceptors (Lipinski definition) is 10. The number of aromatic nitrogens is 4. The number of thiazole rings is 1. The average Bonchev–Trinajstić information content (AvgIpc) is 3.83. The molecule has 1 amide bonds. The molecule has 2 aromatic heterocycles. The number of para-hydroxylation sites is 1. The number of amides is 1. The predicted molar refractivity (Wildman–Crippen MR) is 200 cm³/mol. The van der Waals surface area contributed by atoms with Crippen LogP contribution < -0.4 is 5.32 Å². The molecular weight excluding hydrogens is 686 g/mol. The fraction of sp³-hybridized carbons (Fsp3) is 0.676. The standard InChI is InChI=1S/C37H54BFN6O6S/c1-10-23(3)37(8)30(25(5)40-20-22(2)19-35(6,50-9)29(38)24(4)31(46)36(7,39)33(47)48)45(34(49)51-37)18-14-13-17-44-21-27(42-43-44)32-41-26-15-11-12-16-28(26)52-32/h11-12,15-16,21-25,29-30,40H,10,13-14,17-20H2,1-9H3,(H,47,48)/t22-,23-,24+,25-,29-,30-,35-,36+,37-/m1/s1. The summed E-state index contributed by atoms with van der Waals surface area (Å²) in [5.41, 5.74) is -3.15. The van der Waals surface area contributed by atoms with Crippen LogP contribution in [0.25, 0.3) is 20.9 Å². The van der Waals surface area contributed by atoms with Crippen LogP contribution in [0.15, 0.2) is 30.5 Å². The van der Waals surface area contributed by atoms with E-state index in [4.69, 9.17) is 17.3 Å². The third-order valence-corrected chi connectivity index (χ3v) is 12.2. The van der Waals surface area contributed by atoms with E-state index in [0.717, 1.165) is 47.1 Å². The minimum absolute atomic E-state index is 0.0198.